The third-order valence-electron chi connectivity index (χ3n) is 4.61. The molecule has 1 saturated heterocycles. The number of nitrogens with zero attached hydrogens (tertiary/aromatic N) is 6. The summed E-state index contributed by atoms with van der Waals surface area (Å²) in [6.45, 7) is 1.57. The molecule has 1 atom stereocenters. The molecule has 0 saturated carbocycles. The van der Waals surface area contributed by atoms with Crippen molar-refractivity contribution in [2.45, 2.75) is 25.7 Å². The fourth-order valence-electron chi connectivity index (χ4n) is 3.15. The Labute approximate surface area is 148 Å². The van der Waals surface area contributed by atoms with Crippen LogP contribution in [0.15, 0.2) is 30.9 Å². The maximum Gasteiger partial charge on any atom is 0.255 e. The lowest BCUT2D eigenvalue weighted by atomic mass is 9.95. The highest BCUT2D eigenvalue weighted by Crippen LogP contribution is 2.22. The van der Waals surface area contributed by atoms with Crippen LogP contribution < -0.4 is 4.90 Å². The lowest BCUT2D eigenvalue weighted by molar-refractivity contribution is 0.0759. The third kappa shape index (κ3) is 4.49. The molecule has 0 spiro atoms. The summed E-state index contributed by atoms with van der Waals surface area (Å²) in [5.41, 5.74) is 1.63. The molecule has 0 N–H and O–H groups in total. The number of carbonyl (C=O) groups is 1. The molecule has 2 aromatic heterocycles. The van der Waals surface area contributed by atoms with E-state index >= 15 is 0 Å². The van der Waals surface area contributed by atoms with Crippen molar-refractivity contribution in [3.8, 4) is 0 Å². The topological polar surface area (TPSA) is 75.1 Å². The van der Waals surface area contributed by atoms with E-state index in [-0.39, 0.29) is 5.91 Å². The van der Waals surface area contributed by atoms with Crippen LogP contribution in [-0.4, -0.2) is 58.2 Å². The zero-order valence-electron chi connectivity index (χ0n) is 14.8. The highest BCUT2D eigenvalue weighted by molar-refractivity contribution is 5.93. The quantitative estimate of drug-likeness (QED) is 0.845. The van der Waals surface area contributed by atoms with Crippen molar-refractivity contribution < 1.29 is 4.79 Å². The van der Waals surface area contributed by atoms with E-state index in [0.717, 1.165) is 50.3 Å². The number of likely N-dealkylation sites (tertiary alicyclic amines) is 1. The van der Waals surface area contributed by atoms with Gasteiger partial charge in [0.15, 0.2) is 0 Å². The molecule has 0 bridgehead atoms. The van der Waals surface area contributed by atoms with Gasteiger partial charge in [0.1, 0.15) is 5.82 Å². The average molecular weight is 340 g/mol. The van der Waals surface area contributed by atoms with Crippen LogP contribution in [0.4, 0.5) is 5.82 Å². The molecular formula is C18H24N6O. The van der Waals surface area contributed by atoms with E-state index in [1.165, 1.54) is 6.20 Å². The minimum Gasteiger partial charge on any atom is -0.361 e. The molecule has 1 fully saturated rings. The summed E-state index contributed by atoms with van der Waals surface area (Å²) >= 11 is 0. The fraction of sp³-hybridized carbons (Fsp3) is 0.500. The minimum absolute atomic E-state index is 0.0469. The first-order valence-electron chi connectivity index (χ1n) is 8.67. The van der Waals surface area contributed by atoms with Crippen molar-refractivity contribution in [1.29, 1.82) is 0 Å². The molecule has 7 nitrogen and oxygen atoms in total. The van der Waals surface area contributed by atoms with Crippen LogP contribution in [0, 0.1) is 5.92 Å². The Kier molecular flexibility index (Phi) is 5.53. The van der Waals surface area contributed by atoms with Gasteiger partial charge in [0.2, 0.25) is 0 Å². The lowest BCUT2D eigenvalue weighted by Gasteiger charge is -2.20. The van der Waals surface area contributed by atoms with Crippen LogP contribution in [0.1, 0.15) is 35.3 Å². The zero-order chi connectivity index (χ0) is 17.6. The second kappa shape index (κ2) is 8.00. The van der Waals surface area contributed by atoms with E-state index < -0.39 is 0 Å². The Morgan fingerprint density at radius 2 is 2.04 bits per heavy atom. The molecule has 7 heteroatoms. The summed E-state index contributed by atoms with van der Waals surface area (Å²) in [4.78, 5) is 25.4. The largest absolute Gasteiger partial charge is 0.361 e. The highest BCUT2D eigenvalue weighted by atomic mass is 16.2. The summed E-state index contributed by atoms with van der Waals surface area (Å²) in [5, 5.41) is 7.53. The molecule has 132 valence electrons. The van der Waals surface area contributed by atoms with Crippen LogP contribution in [0.5, 0.6) is 0 Å². The summed E-state index contributed by atoms with van der Waals surface area (Å²) in [6, 6.07) is 1.72. The van der Waals surface area contributed by atoms with Crippen LogP contribution in [0.25, 0.3) is 0 Å². The smallest absolute Gasteiger partial charge is 0.255 e. The first kappa shape index (κ1) is 17.3. The van der Waals surface area contributed by atoms with Crippen molar-refractivity contribution in [2.24, 2.45) is 5.92 Å². The van der Waals surface area contributed by atoms with Gasteiger partial charge in [-0.1, -0.05) is 0 Å². The molecule has 3 heterocycles. The number of rotatable bonds is 4. The van der Waals surface area contributed by atoms with E-state index in [2.05, 4.69) is 20.2 Å². The van der Waals surface area contributed by atoms with Crippen molar-refractivity contribution >= 4 is 11.7 Å². The number of aromatic nitrogens is 4. The minimum atomic E-state index is 0.0469. The van der Waals surface area contributed by atoms with Gasteiger partial charge >= 0.3 is 0 Å². The first-order valence-corrected chi connectivity index (χ1v) is 8.67. The Morgan fingerprint density at radius 3 is 2.72 bits per heavy atom. The monoisotopic (exact) mass is 340 g/mol. The standard InChI is InChI=1S/C18H24N6O/c1-23(2)17-13-19-16(12-20-17)10-14-4-3-8-24(9-6-14)18(25)15-5-7-21-22-11-15/h5,7,11-14H,3-4,6,8-10H2,1-2H3. The van der Waals surface area contributed by atoms with Gasteiger partial charge in [0.05, 0.1) is 36.0 Å². The van der Waals surface area contributed by atoms with Crippen LogP contribution >= 0.6 is 0 Å². The van der Waals surface area contributed by atoms with Crippen molar-refractivity contribution in [3.63, 3.8) is 0 Å². The van der Waals surface area contributed by atoms with Crippen LogP contribution in [-0.2, 0) is 6.42 Å². The number of carbonyl (C=O) groups excluding carboxylic acids is 1. The second-order valence-electron chi connectivity index (χ2n) is 6.68. The van der Waals surface area contributed by atoms with Gasteiger partial charge in [-0.05, 0) is 37.7 Å². The maximum absolute atomic E-state index is 12.5. The lowest BCUT2D eigenvalue weighted by Crippen LogP contribution is -2.32. The van der Waals surface area contributed by atoms with Crippen molar-refractivity contribution in [2.75, 3.05) is 32.1 Å². The van der Waals surface area contributed by atoms with Gasteiger partial charge in [-0.2, -0.15) is 10.2 Å². The predicted octanol–water partition coefficient (Wildman–Crippen LogP) is 1.82. The van der Waals surface area contributed by atoms with Gasteiger partial charge in [-0.25, -0.2) is 4.98 Å². The number of hydrogen-bond donors (Lipinski definition) is 0. The van der Waals surface area contributed by atoms with E-state index in [0.29, 0.717) is 11.5 Å². The number of amides is 1. The normalized spacial score (nSPS) is 17.8. The Morgan fingerprint density at radius 1 is 1.16 bits per heavy atom. The van der Waals surface area contributed by atoms with Gasteiger partial charge in [-0.15, -0.1) is 0 Å². The van der Waals surface area contributed by atoms with Crippen molar-refractivity contribution in [3.05, 3.63) is 42.1 Å². The molecule has 25 heavy (non-hydrogen) atoms. The third-order valence-corrected chi connectivity index (χ3v) is 4.61. The second-order valence-corrected chi connectivity index (χ2v) is 6.68. The molecule has 1 aliphatic heterocycles. The Hall–Kier alpha value is -2.57. The van der Waals surface area contributed by atoms with Crippen molar-refractivity contribution in [1.82, 2.24) is 25.1 Å². The summed E-state index contributed by atoms with van der Waals surface area (Å²) in [6.07, 6.45) is 10.8. The molecule has 1 aliphatic rings. The molecule has 2 aromatic rings. The zero-order valence-corrected chi connectivity index (χ0v) is 14.8. The highest BCUT2D eigenvalue weighted by Gasteiger charge is 2.22. The summed E-state index contributed by atoms with van der Waals surface area (Å²) in [7, 11) is 3.91. The molecule has 0 radical (unpaired) electrons. The molecule has 0 aromatic carbocycles. The van der Waals surface area contributed by atoms with E-state index in [1.54, 1.807) is 12.3 Å². The SMILES string of the molecule is CN(C)c1cnc(CC2CCCN(C(=O)c3ccnnc3)CC2)cn1. The fourth-order valence-corrected chi connectivity index (χ4v) is 3.15. The van der Waals surface area contributed by atoms with Gasteiger partial charge in [0.25, 0.3) is 5.91 Å². The molecule has 3 rings (SSSR count). The Bertz CT molecular complexity index is 688. The van der Waals surface area contributed by atoms with Gasteiger partial charge < -0.3 is 9.80 Å². The van der Waals surface area contributed by atoms with Crippen LogP contribution in [0.3, 0.4) is 0 Å². The van der Waals surface area contributed by atoms with Crippen LogP contribution in [0.2, 0.25) is 0 Å². The van der Waals surface area contributed by atoms with E-state index in [4.69, 9.17) is 0 Å². The predicted molar refractivity (Wildman–Crippen MR) is 95.3 cm³/mol. The summed E-state index contributed by atoms with van der Waals surface area (Å²) in [5.74, 6) is 1.45. The maximum atomic E-state index is 12.5. The molecule has 1 amide bonds. The average Bonchev–Trinajstić information content (AvgIpc) is 2.88. The number of hydrogen-bond acceptors (Lipinski definition) is 6. The Balaban J connectivity index is 1.57. The number of anilines is 1. The van der Waals surface area contributed by atoms with E-state index in [1.807, 2.05) is 36.3 Å². The first-order chi connectivity index (χ1) is 12.1. The summed E-state index contributed by atoms with van der Waals surface area (Å²) < 4.78 is 0. The van der Waals surface area contributed by atoms with Gasteiger partial charge in [0, 0.05) is 27.2 Å². The molecular weight excluding hydrogens is 316 g/mol. The van der Waals surface area contributed by atoms with Gasteiger partial charge in [-0.3, -0.25) is 9.78 Å². The molecule has 0 aliphatic carbocycles. The van der Waals surface area contributed by atoms with E-state index in [9.17, 15) is 4.79 Å². The molecule has 1 unspecified atom stereocenters.